The van der Waals surface area contributed by atoms with Crippen molar-refractivity contribution in [2.24, 2.45) is 5.92 Å². The molecule has 0 fully saturated rings. The van der Waals surface area contributed by atoms with Crippen LogP contribution in [0.5, 0.6) is 0 Å². The van der Waals surface area contributed by atoms with Crippen LogP contribution in [0.15, 0.2) is 5.38 Å². The summed E-state index contributed by atoms with van der Waals surface area (Å²) >= 11 is 1.54. The van der Waals surface area contributed by atoms with Crippen LogP contribution in [0.25, 0.3) is 0 Å². The van der Waals surface area contributed by atoms with Gasteiger partial charge < -0.3 is 10.1 Å². The zero-order valence-electron chi connectivity index (χ0n) is 11.5. The zero-order chi connectivity index (χ0) is 13.5. The van der Waals surface area contributed by atoms with E-state index < -0.39 is 0 Å². The standard InChI is InChI=1S/C13H22N2O2S/c1-5-10(6-2)9(3)14-13-15-11(8-18-13)7-12(16)17-4/h8-10H,5-7H2,1-4H3,(H,14,15). The van der Waals surface area contributed by atoms with Gasteiger partial charge in [0, 0.05) is 11.4 Å². The normalized spacial score (nSPS) is 12.5. The first-order valence-corrected chi connectivity index (χ1v) is 7.26. The molecule has 4 nitrogen and oxygen atoms in total. The molecule has 1 aromatic rings. The van der Waals surface area contributed by atoms with Crippen molar-refractivity contribution in [3.8, 4) is 0 Å². The number of carbonyl (C=O) groups is 1. The fourth-order valence-corrected chi connectivity index (χ4v) is 2.79. The van der Waals surface area contributed by atoms with Gasteiger partial charge in [-0.2, -0.15) is 0 Å². The molecule has 0 aliphatic carbocycles. The van der Waals surface area contributed by atoms with Crippen molar-refractivity contribution >= 4 is 22.4 Å². The lowest BCUT2D eigenvalue weighted by atomic mass is 9.96. The van der Waals surface area contributed by atoms with Crippen molar-refractivity contribution in [1.29, 1.82) is 0 Å². The van der Waals surface area contributed by atoms with Crippen molar-refractivity contribution in [2.75, 3.05) is 12.4 Å². The van der Waals surface area contributed by atoms with Gasteiger partial charge in [-0.3, -0.25) is 4.79 Å². The van der Waals surface area contributed by atoms with Gasteiger partial charge in [0.15, 0.2) is 5.13 Å². The number of rotatable bonds is 7. The van der Waals surface area contributed by atoms with Crippen LogP contribution in [0.4, 0.5) is 5.13 Å². The predicted molar refractivity (Wildman–Crippen MR) is 75.0 cm³/mol. The second kappa shape index (κ2) is 7.36. The van der Waals surface area contributed by atoms with Gasteiger partial charge in [-0.25, -0.2) is 4.98 Å². The summed E-state index contributed by atoms with van der Waals surface area (Å²) in [6.07, 6.45) is 2.56. The van der Waals surface area contributed by atoms with Gasteiger partial charge in [0.2, 0.25) is 0 Å². The smallest absolute Gasteiger partial charge is 0.311 e. The third-order valence-electron chi connectivity index (χ3n) is 3.21. The monoisotopic (exact) mass is 270 g/mol. The molecule has 1 atom stereocenters. The van der Waals surface area contributed by atoms with E-state index in [1.165, 1.54) is 18.4 Å². The van der Waals surface area contributed by atoms with Gasteiger partial charge >= 0.3 is 5.97 Å². The number of aromatic nitrogens is 1. The summed E-state index contributed by atoms with van der Waals surface area (Å²) in [6.45, 7) is 6.59. The molecule has 1 aromatic heterocycles. The molecule has 1 heterocycles. The number of hydrogen-bond acceptors (Lipinski definition) is 5. The molecule has 5 heteroatoms. The Labute approximate surface area is 113 Å². The lowest BCUT2D eigenvalue weighted by Gasteiger charge is -2.21. The average Bonchev–Trinajstić information content (AvgIpc) is 2.77. The van der Waals surface area contributed by atoms with Crippen LogP contribution in [0, 0.1) is 5.92 Å². The number of thiazole rings is 1. The molecule has 18 heavy (non-hydrogen) atoms. The van der Waals surface area contributed by atoms with Crippen LogP contribution in [0.3, 0.4) is 0 Å². The molecule has 0 amide bonds. The molecule has 0 bridgehead atoms. The Balaban J connectivity index is 2.55. The first-order valence-electron chi connectivity index (χ1n) is 6.38. The Morgan fingerprint density at radius 2 is 2.17 bits per heavy atom. The topological polar surface area (TPSA) is 51.2 Å². The Morgan fingerprint density at radius 1 is 1.50 bits per heavy atom. The third kappa shape index (κ3) is 4.29. The molecule has 1 N–H and O–H groups in total. The molecule has 0 aromatic carbocycles. The largest absolute Gasteiger partial charge is 0.469 e. The number of hydrogen-bond donors (Lipinski definition) is 1. The number of nitrogens with zero attached hydrogens (tertiary/aromatic N) is 1. The second-order valence-corrected chi connectivity index (χ2v) is 5.26. The summed E-state index contributed by atoms with van der Waals surface area (Å²) in [4.78, 5) is 15.5. The Kier molecular flexibility index (Phi) is 6.12. The Bertz CT molecular complexity index is 375. The fraction of sp³-hybridized carbons (Fsp3) is 0.692. The average molecular weight is 270 g/mol. The number of ether oxygens (including phenoxy) is 1. The van der Waals surface area contributed by atoms with Gasteiger partial charge in [-0.1, -0.05) is 26.7 Å². The quantitative estimate of drug-likeness (QED) is 0.774. The van der Waals surface area contributed by atoms with Crippen LogP contribution in [0.2, 0.25) is 0 Å². The van der Waals surface area contributed by atoms with Gasteiger partial charge in [0.05, 0.1) is 19.2 Å². The van der Waals surface area contributed by atoms with Crippen molar-refractivity contribution in [3.05, 3.63) is 11.1 Å². The highest BCUT2D eigenvalue weighted by Crippen LogP contribution is 2.21. The molecule has 0 saturated carbocycles. The number of anilines is 1. The summed E-state index contributed by atoms with van der Waals surface area (Å²) in [7, 11) is 1.39. The molecular formula is C13H22N2O2S. The molecule has 102 valence electrons. The van der Waals surface area contributed by atoms with Crippen LogP contribution >= 0.6 is 11.3 Å². The highest BCUT2D eigenvalue weighted by atomic mass is 32.1. The number of nitrogens with one attached hydrogen (secondary N) is 1. The summed E-state index contributed by atoms with van der Waals surface area (Å²) in [5.74, 6) is 0.401. The number of methoxy groups -OCH3 is 1. The minimum atomic E-state index is -0.250. The van der Waals surface area contributed by atoms with E-state index in [1.54, 1.807) is 0 Å². The van der Waals surface area contributed by atoms with Crippen molar-refractivity contribution in [1.82, 2.24) is 4.98 Å². The minimum absolute atomic E-state index is 0.244. The lowest BCUT2D eigenvalue weighted by molar-refractivity contribution is -0.139. The summed E-state index contributed by atoms with van der Waals surface area (Å²) in [5.41, 5.74) is 0.770. The van der Waals surface area contributed by atoms with Crippen LogP contribution in [-0.2, 0) is 16.0 Å². The Hall–Kier alpha value is -1.10. The van der Waals surface area contributed by atoms with E-state index in [2.05, 4.69) is 35.8 Å². The summed E-state index contributed by atoms with van der Waals surface area (Å²) in [6, 6.07) is 0.400. The maximum atomic E-state index is 11.1. The maximum absolute atomic E-state index is 11.1. The van der Waals surface area contributed by atoms with E-state index in [0.29, 0.717) is 12.0 Å². The van der Waals surface area contributed by atoms with Gasteiger partial charge in [0.1, 0.15) is 0 Å². The lowest BCUT2D eigenvalue weighted by Crippen LogP contribution is -2.24. The molecule has 0 aliphatic heterocycles. The summed E-state index contributed by atoms with van der Waals surface area (Å²) < 4.78 is 4.62. The maximum Gasteiger partial charge on any atom is 0.311 e. The number of esters is 1. The predicted octanol–water partition coefficient (Wildman–Crippen LogP) is 3.10. The van der Waals surface area contributed by atoms with Gasteiger partial charge in [0.25, 0.3) is 0 Å². The first kappa shape index (κ1) is 15.0. The Morgan fingerprint density at radius 3 is 2.72 bits per heavy atom. The highest BCUT2D eigenvalue weighted by molar-refractivity contribution is 7.13. The third-order valence-corrected chi connectivity index (χ3v) is 4.03. The van der Waals surface area contributed by atoms with Crippen LogP contribution in [0.1, 0.15) is 39.3 Å². The van der Waals surface area contributed by atoms with E-state index in [-0.39, 0.29) is 12.4 Å². The van der Waals surface area contributed by atoms with Crippen molar-refractivity contribution in [3.63, 3.8) is 0 Å². The summed E-state index contributed by atoms with van der Waals surface area (Å²) in [5, 5.41) is 6.20. The first-order chi connectivity index (χ1) is 8.60. The molecule has 0 saturated heterocycles. The van der Waals surface area contributed by atoms with Crippen LogP contribution in [-0.4, -0.2) is 24.1 Å². The molecule has 0 aliphatic rings. The van der Waals surface area contributed by atoms with Gasteiger partial charge in [-0.15, -0.1) is 11.3 Å². The minimum Gasteiger partial charge on any atom is -0.469 e. The zero-order valence-corrected chi connectivity index (χ0v) is 12.3. The molecular weight excluding hydrogens is 248 g/mol. The second-order valence-electron chi connectivity index (χ2n) is 4.41. The molecule has 1 rings (SSSR count). The van der Waals surface area contributed by atoms with E-state index in [1.807, 2.05) is 5.38 Å². The molecule has 0 spiro atoms. The highest BCUT2D eigenvalue weighted by Gasteiger charge is 2.15. The van der Waals surface area contributed by atoms with E-state index in [4.69, 9.17) is 0 Å². The van der Waals surface area contributed by atoms with Crippen molar-refractivity contribution in [2.45, 2.75) is 46.1 Å². The molecule has 0 radical (unpaired) electrons. The van der Waals surface area contributed by atoms with E-state index in [9.17, 15) is 4.79 Å². The molecule has 1 unspecified atom stereocenters. The SMILES string of the molecule is CCC(CC)C(C)Nc1nc(CC(=O)OC)cs1. The number of carbonyl (C=O) groups excluding carboxylic acids is 1. The van der Waals surface area contributed by atoms with Crippen molar-refractivity contribution < 1.29 is 9.53 Å². The van der Waals surface area contributed by atoms with Gasteiger partial charge in [-0.05, 0) is 12.8 Å². The fourth-order valence-electron chi connectivity index (χ4n) is 1.98. The van der Waals surface area contributed by atoms with E-state index in [0.717, 1.165) is 23.7 Å². The van der Waals surface area contributed by atoms with E-state index >= 15 is 0 Å². The van der Waals surface area contributed by atoms with Crippen LogP contribution < -0.4 is 5.32 Å².